The molecule has 1 aromatic carbocycles. The van der Waals surface area contributed by atoms with Crippen LogP contribution in [0.25, 0.3) is 5.82 Å². The Morgan fingerprint density at radius 3 is 2.77 bits per heavy atom. The SMILES string of the molecule is CCNC(=NCc1ccnc(-n2cccn2)c1)NCC(C)Oc1ccccc1F.I. The van der Waals surface area contributed by atoms with Gasteiger partial charge in [-0.05, 0) is 49.7 Å². The lowest BCUT2D eigenvalue weighted by molar-refractivity contribution is 0.214. The summed E-state index contributed by atoms with van der Waals surface area (Å²) in [4.78, 5) is 8.94. The summed E-state index contributed by atoms with van der Waals surface area (Å²) in [5, 5.41) is 10.6. The molecule has 1 unspecified atom stereocenters. The number of halogens is 2. The van der Waals surface area contributed by atoms with E-state index < -0.39 is 0 Å². The van der Waals surface area contributed by atoms with Crippen LogP contribution in [0.2, 0.25) is 0 Å². The van der Waals surface area contributed by atoms with Gasteiger partial charge in [-0.15, -0.1) is 24.0 Å². The van der Waals surface area contributed by atoms with Crippen LogP contribution in [0, 0.1) is 5.82 Å². The van der Waals surface area contributed by atoms with E-state index in [2.05, 4.69) is 25.7 Å². The van der Waals surface area contributed by atoms with Crippen LogP contribution < -0.4 is 15.4 Å². The summed E-state index contributed by atoms with van der Waals surface area (Å²) in [5.41, 5.74) is 1.01. The van der Waals surface area contributed by atoms with Crippen LogP contribution >= 0.6 is 24.0 Å². The maximum absolute atomic E-state index is 13.7. The van der Waals surface area contributed by atoms with Crippen molar-refractivity contribution >= 4 is 29.9 Å². The van der Waals surface area contributed by atoms with Crippen molar-refractivity contribution in [2.45, 2.75) is 26.5 Å². The van der Waals surface area contributed by atoms with E-state index in [1.807, 2.05) is 38.2 Å². The van der Waals surface area contributed by atoms with Crippen LogP contribution in [0.1, 0.15) is 19.4 Å². The zero-order chi connectivity index (χ0) is 20.5. The van der Waals surface area contributed by atoms with Crippen LogP contribution in [0.4, 0.5) is 4.39 Å². The number of ether oxygens (including phenoxy) is 1. The van der Waals surface area contributed by atoms with Crippen LogP contribution in [-0.2, 0) is 6.54 Å². The number of guanidine groups is 1. The summed E-state index contributed by atoms with van der Waals surface area (Å²) in [6.07, 6.45) is 5.07. The Morgan fingerprint density at radius 2 is 2.03 bits per heavy atom. The predicted octanol–water partition coefficient (Wildman–Crippen LogP) is 3.55. The zero-order valence-electron chi connectivity index (χ0n) is 17.0. The average molecular weight is 524 g/mol. The molecular formula is C21H26FIN6O. The third-order valence-electron chi connectivity index (χ3n) is 4.03. The minimum Gasteiger partial charge on any atom is -0.486 e. The van der Waals surface area contributed by atoms with Gasteiger partial charge in [0, 0.05) is 25.1 Å². The van der Waals surface area contributed by atoms with Gasteiger partial charge in [0.15, 0.2) is 23.3 Å². The molecule has 0 saturated heterocycles. The van der Waals surface area contributed by atoms with Gasteiger partial charge < -0.3 is 15.4 Å². The fourth-order valence-electron chi connectivity index (χ4n) is 2.64. The first-order valence-electron chi connectivity index (χ1n) is 9.54. The second kappa shape index (κ2) is 12.1. The number of aliphatic imine (C=N–C) groups is 1. The highest BCUT2D eigenvalue weighted by atomic mass is 127. The molecule has 2 N–H and O–H groups in total. The number of pyridine rings is 1. The molecule has 0 fully saturated rings. The molecule has 2 heterocycles. The van der Waals surface area contributed by atoms with E-state index in [0.29, 0.717) is 19.0 Å². The fourth-order valence-corrected chi connectivity index (χ4v) is 2.64. The molecule has 0 saturated carbocycles. The largest absolute Gasteiger partial charge is 0.486 e. The Labute approximate surface area is 192 Å². The number of aromatic nitrogens is 3. The predicted molar refractivity (Wildman–Crippen MR) is 126 cm³/mol. The van der Waals surface area contributed by atoms with Gasteiger partial charge in [-0.3, -0.25) is 0 Å². The number of nitrogens with one attached hydrogen (secondary N) is 2. The molecule has 0 aliphatic carbocycles. The van der Waals surface area contributed by atoms with Gasteiger partial charge in [0.1, 0.15) is 6.10 Å². The first-order valence-corrected chi connectivity index (χ1v) is 9.54. The van der Waals surface area contributed by atoms with Crippen molar-refractivity contribution in [2.75, 3.05) is 13.1 Å². The third-order valence-corrected chi connectivity index (χ3v) is 4.03. The first-order chi connectivity index (χ1) is 14.2. The molecular weight excluding hydrogens is 498 g/mol. The Hall–Kier alpha value is -2.69. The number of para-hydroxylation sites is 1. The van der Waals surface area contributed by atoms with Gasteiger partial charge in [0.05, 0.1) is 13.1 Å². The molecule has 3 rings (SSSR count). The molecule has 0 aliphatic heterocycles. The minimum absolute atomic E-state index is 0. The van der Waals surface area contributed by atoms with Crippen molar-refractivity contribution in [1.29, 1.82) is 0 Å². The van der Waals surface area contributed by atoms with Crippen molar-refractivity contribution in [2.24, 2.45) is 4.99 Å². The maximum Gasteiger partial charge on any atom is 0.191 e. The van der Waals surface area contributed by atoms with Gasteiger partial charge in [-0.2, -0.15) is 5.10 Å². The van der Waals surface area contributed by atoms with Crippen molar-refractivity contribution in [3.63, 3.8) is 0 Å². The summed E-state index contributed by atoms with van der Waals surface area (Å²) < 4.78 is 21.1. The number of nitrogens with zero attached hydrogens (tertiary/aromatic N) is 4. The maximum atomic E-state index is 13.7. The average Bonchev–Trinajstić information content (AvgIpc) is 3.27. The lowest BCUT2D eigenvalue weighted by atomic mass is 10.2. The Morgan fingerprint density at radius 1 is 1.20 bits per heavy atom. The molecule has 9 heteroatoms. The van der Waals surface area contributed by atoms with E-state index >= 15 is 0 Å². The topological polar surface area (TPSA) is 76.4 Å². The van der Waals surface area contributed by atoms with E-state index in [0.717, 1.165) is 17.9 Å². The Kier molecular flexibility index (Phi) is 9.52. The smallest absolute Gasteiger partial charge is 0.191 e. The van der Waals surface area contributed by atoms with E-state index in [4.69, 9.17) is 4.74 Å². The molecule has 160 valence electrons. The molecule has 0 spiro atoms. The van der Waals surface area contributed by atoms with Crippen LogP contribution in [0.15, 0.2) is 66.0 Å². The standard InChI is InChI=1S/C21H25FN6O.HI/c1-3-23-21(25-14-16(2)29-19-8-5-4-7-18(19)22)26-15-17-9-11-24-20(13-17)28-12-6-10-27-28;/h4-13,16H,3,14-15H2,1-2H3,(H2,23,25,26);1H. The summed E-state index contributed by atoms with van der Waals surface area (Å²) in [5.74, 6) is 1.28. The highest BCUT2D eigenvalue weighted by Crippen LogP contribution is 2.16. The normalized spacial score (nSPS) is 12.0. The highest BCUT2D eigenvalue weighted by Gasteiger charge is 2.09. The zero-order valence-corrected chi connectivity index (χ0v) is 19.3. The third kappa shape index (κ3) is 6.97. The summed E-state index contributed by atoms with van der Waals surface area (Å²) in [6, 6.07) is 12.1. The lowest BCUT2D eigenvalue weighted by Crippen LogP contribution is -2.41. The number of benzene rings is 1. The second-order valence-electron chi connectivity index (χ2n) is 6.41. The van der Waals surface area contributed by atoms with Gasteiger partial charge in [-0.1, -0.05) is 12.1 Å². The van der Waals surface area contributed by atoms with Gasteiger partial charge >= 0.3 is 0 Å². The van der Waals surface area contributed by atoms with Gasteiger partial charge in [-0.25, -0.2) is 19.0 Å². The van der Waals surface area contributed by atoms with E-state index in [9.17, 15) is 4.39 Å². The molecule has 0 amide bonds. The molecule has 30 heavy (non-hydrogen) atoms. The number of hydrogen-bond acceptors (Lipinski definition) is 4. The summed E-state index contributed by atoms with van der Waals surface area (Å²) in [6.45, 7) is 5.56. The molecule has 0 radical (unpaired) electrons. The molecule has 1 atom stereocenters. The number of hydrogen-bond donors (Lipinski definition) is 2. The quantitative estimate of drug-likeness (QED) is 0.268. The highest BCUT2D eigenvalue weighted by molar-refractivity contribution is 14.0. The first kappa shape index (κ1) is 23.6. The Balaban J connectivity index is 0.00000320. The van der Waals surface area contributed by atoms with Crippen LogP contribution in [-0.4, -0.2) is 39.9 Å². The second-order valence-corrected chi connectivity index (χ2v) is 6.41. The monoisotopic (exact) mass is 524 g/mol. The fraction of sp³-hybridized carbons (Fsp3) is 0.286. The van der Waals surface area contributed by atoms with E-state index in [-0.39, 0.29) is 41.6 Å². The minimum atomic E-state index is -0.370. The molecule has 2 aromatic heterocycles. The van der Waals surface area contributed by atoms with Crippen LogP contribution in [0.5, 0.6) is 5.75 Å². The Bertz CT molecular complexity index is 935. The van der Waals surface area contributed by atoms with Crippen molar-refractivity contribution in [1.82, 2.24) is 25.4 Å². The molecule has 7 nitrogen and oxygen atoms in total. The van der Waals surface area contributed by atoms with E-state index in [1.54, 1.807) is 35.3 Å². The van der Waals surface area contributed by atoms with Crippen LogP contribution in [0.3, 0.4) is 0 Å². The van der Waals surface area contributed by atoms with Gasteiger partial charge in [0.2, 0.25) is 0 Å². The van der Waals surface area contributed by atoms with E-state index in [1.165, 1.54) is 6.07 Å². The molecule has 3 aromatic rings. The van der Waals surface area contributed by atoms with Crippen molar-refractivity contribution in [3.8, 4) is 11.6 Å². The number of rotatable bonds is 8. The summed E-state index contributed by atoms with van der Waals surface area (Å²) in [7, 11) is 0. The molecule has 0 bridgehead atoms. The van der Waals surface area contributed by atoms with Gasteiger partial charge in [0.25, 0.3) is 0 Å². The van der Waals surface area contributed by atoms with Crippen molar-refractivity contribution in [3.05, 3.63) is 72.4 Å². The lowest BCUT2D eigenvalue weighted by Gasteiger charge is -2.18. The summed E-state index contributed by atoms with van der Waals surface area (Å²) >= 11 is 0. The van der Waals surface area contributed by atoms with Crippen molar-refractivity contribution < 1.29 is 9.13 Å². The molecule has 0 aliphatic rings.